The first-order chi connectivity index (χ1) is 16.2. The van der Waals surface area contributed by atoms with Crippen LogP contribution in [0.5, 0.6) is 0 Å². The largest absolute Gasteiger partial charge is 0.352 e. The number of hydrogen-bond donors (Lipinski definition) is 1. The Kier molecular flexibility index (Phi) is 8.97. The number of nitro benzene ring substituents is 1. The van der Waals surface area contributed by atoms with E-state index in [9.17, 15) is 28.1 Å². The highest BCUT2D eigenvalue weighted by Crippen LogP contribution is 2.28. The van der Waals surface area contributed by atoms with E-state index in [1.807, 2.05) is 31.2 Å². The maximum atomic E-state index is 13.5. The number of non-ortho nitro benzene ring substituents is 1. The fourth-order valence-electron chi connectivity index (χ4n) is 3.45. The van der Waals surface area contributed by atoms with E-state index in [-0.39, 0.29) is 29.9 Å². The Labute approximate surface area is 206 Å². The molecule has 1 atom stereocenters. The Morgan fingerprint density at radius 1 is 1.06 bits per heavy atom. The molecule has 0 aliphatic heterocycles. The molecule has 0 saturated heterocycles. The minimum Gasteiger partial charge on any atom is -0.352 e. The molecule has 1 N–H and O–H groups in total. The second-order valence-corrected chi connectivity index (χ2v) is 10.8. The Balaban J connectivity index is 2.47. The zero-order chi connectivity index (χ0) is 26.5. The predicted octanol–water partition coefficient (Wildman–Crippen LogP) is 2.92. The number of anilines is 1. The van der Waals surface area contributed by atoms with Crippen molar-refractivity contribution < 1.29 is 22.9 Å². The molecule has 0 aliphatic rings. The monoisotopic (exact) mass is 504 g/mol. The molecule has 0 heterocycles. The van der Waals surface area contributed by atoms with Gasteiger partial charge in [-0.2, -0.15) is 0 Å². The van der Waals surface area contributed by atoms with E-state index in [0.29, 0.717) is 5.56 Å². The second kappa shape index (κ2) is 11.3. The Hall–Kier alpha value is -3.47. The number of nitrogens with one attached hydrogen (secondary N) is 1. The first-order valence-electron chi connectivity index (χ1n) is 11.1. The van der Waals surface area contributed by atoms with Crippen LogP contribution in [0, 0.1) is 24.0 Å². The van der Waals surface area contributed by atoms with E-state index in [1.165, 1.54) is 17.0 Å². The van der Waals surface area contributed by atoms with Gasteiger partial charge in [-0.05, 0) is 45.7 Å². The van der Waals surface area contributed by atoms with Crippen molar-refractivity contribution >= 4 is 33.2 Å². The van der Waals surface area contributed by atoms with E-state index in [0.717, 1.165) is 27.8 Å². The number of carbonyl (C=O) groups is 2. The molecule has 2 amide bonds. The average molecular weight is 505 g/mol. The van der Waals surface area contributed by atoms with Gasteiger partial charge in [0.25, 0.3) is 5.69 Å². The molecule has 0 saturated carbocycles. The van der Waals surface area contributed by atoms with Crippen molar-refractivity contribution in [3.63, 3.8) is 0 Å². The molecule has 2 rings (SSSR count). The molecular formula is C24H32N4O6S. The van der Waals surface area contributed by atoms with Crippen LogP contribution in [0.1, 0.15) is 37.5 Å². The normalized spacial score (nSPS) is 12.2. The lowest BCUT2D eigenvalue weighted by atomic mass is 10.1. The average Bonchev–Trinajstić information content (AvgIpc) is 2.75. The lowest BCUT2D eigenvalue weighted by Crippen LogP contribution is -2.52. The number of sulfonamides is 1. The smallest absolute Gasteiger partial charge is 0.271 e. The van der Waals surface area contributed by atoms with Crippen LogP contribution < -0.4 is 9.62 Å². The van der Waals surface area contributed by atoms with E-state index in [2.05, 4.69) is 5.32 Å². The minimum absolute atomic E-state index is 0.0321. The summed E-state index contributed by atoms with van der Waals surface area (Å²) in [7, 11) is -3.99. The zero-order valence-electron chi connectivity index (χ0n) is 20.8. The topological polar surface area (TPSA) is 130 Å². The summed E-state index contributed by atoms with van der Waals surface area (Å²) in [6.07, 6.45) is 0.928. The van der Waals surface area contributed by atoms with Crippen molar-refractivity contribution in [3.05, 3.63) is 69.3 Å². The molecule has 0 bridgehead atoms. The van der Waals surface area contributed by atoms with Crippen molar-refractivity contribution in [1.29, 1.82) is 0 Å². The van der Waals surface area contributed by atoms with E-state index in [1.54, 1.807) is 27.7 Å². The van der Waals surface area contributed by atoms with Gasteiger partial charge in [0.1, 0.15) is 12.6 Å². The molecule has 35 heavy (non-hydrogen) atoms. The SMILES string of the molecule is Cc1ccc(CN(C(=O)CN(c2cc([N+](=O)[O-])ccc2C)S(C)(=O)=O)C(C)C(=O)NC(C)C)cc1. The minimum atomic E-state index is -3.99. The van der Waals surface area contributed by atoms with E-state index >= 15 is 0 Å². The molecule has 2 aromatic rings. The molecule has 0 aliphatic carbocycles. The molecule has 10 nitrogen and oxygen atoms in total. The van der Waals surface area contributed by atoms with Gasteiger partial charge in [-0.25, -0.2) is 8.42 Å². The molecular weight excluding hydrogens is 472 g/mol. The van der Waals surface area contributed by atoms with Crippen LogP contribution >= 0.6 is 0 Å². The van der Waals surface area contributed by atoms with E-state index in [4.69, 9.17) is 0 Å². The van der Waals surface area contributed by atoms with Gasteiger partial charge in [0, 0.05) is 24.7 Å². The van der Waals surface area contributed by atoms with Crippen LogP contribution in [0.3, 0.4) is 0 Å². The number of carbonyl (C=O) groups excluding carboxylic acids is 2. The maximum Gasteiger partial charge on any atom is 0.271 e. The van der Waals surface area contributed by atoms with Crippen molar-refractivity contribution in [2.75, 3.05) is 17.1 Å². The summed E-state index contributed by atoms with van der Waals surface area (Å²) in [5.41, 5.74) is 1.98. The third-order valence-electron chi connectivity index (χ3n) is 5.42. The van der Waals surface area contributed by atoms with Crippen LogP contribution in [-0.4, -0.2) is 54.9 Å². The second-order valence-electron chi connectivity index (χ2n) is 8.84. The predicted molar refractivity (Wildman–Crippen MR) is 134 cm³/mol. The van der Waals surface area contributed by atoms with Gasteiger partial charge in [-0.15, -0.1) is 0 Å². The first-order valence-corrected chi connectivity index (χ1v) is 12.9. The van der Waals surface area contributed by atoms with Gasteiger partial charge in [-0.1, -0.05) is 35.9 Å². The van der Waals surface area contributed by atoms with Gasteiger partial charge in [-0.3, -0.25) is 24.0 Å². The van der Waals surface area contributed by atoms with Gasteiger partial charge >= 0.3 is 0 Å². The molecule has 0 aromatic heterocycles. The van der Waals surface area contributed by atoms with Gasteiger partial charge < -0.3 is 10.2 Å². The van der Waals surface area contributed by atoms with Crippen LogP contribution in [-0.2, 0) is 26.2 Å². The van der Waals surface area contributed by atoms with Gasteiger partial charge in [0.2, 0.25) is 21.8 Å². The summed E-state index contributed by atoms with van der Waals surface area (Å²) in [4.78, 5) is 38.2. The fraction of sp³-hybridized carbons (Fsp3) is 0.417. The highest BCUT2D eigenvalue weighted by molar-refractivity contribution is 7.92. The third kappa shape index (κ3) is 7.51. The molecule has 2 aromatic carbocycles. The van der Waals surface area contributed by atoms with Crippen LogP contribution in [0.4, 0.5) is 11.4 Å². The number of benzene rings is 2. The van der Waals surface area contributed by atoms with Gasteiger partial charge in [0.05, 0.1) is 16.9 Å². The summed E-state index contributed by atoms with van der Waals surface area (Å²) < 4.78 is 26.2. The fourth-order valence-corrected chi connectivity index (χ4v) is 4.35. The molecule has 1 unspecified atom stereocenters. The number of aryl methyl sites for hydroxylation is 2. The highest BCUT2D eigenvalue weighted by atomic mass is 32.2. The summed E-state index contributed by atoms with van der Waals surface area (Å²) >= 11 is 0. The van der Waals surface area contributed by atoms with Crippen LogP contribution in [0.25, 0.3) is 0 Å². The summed E-state index contributed by atoms with van der Waals surface area (Å²) in [5.74, 6) is -0.994. The number of hydrogen-bond acceptors (Lipinski definition) is 6. The maximum absolute atomic E-state index is 13.5. The molecule has 0 radical (unpaired) electrons. The highest BCUT2D eigenvalue weighted by Gasteiger charge is 2.31. The Morgan fingerprint density at radius 2 is 1.66 bits per heavy atom. The van der Waals surface area contributed by atoms with Crippen LogP contribution in [0.2, 0.25) is 0 Å². The zero-order valence-corrected chi connectivity index (χ0v) is 21.6. The first kappa shape index (κ1) is 27.8. The van der Waals surface area contributed by atoms with E-state index < -0.39 is 33.4 Å². The summed E-state index contributed by atoms with van der Waals surface area (Å²) in [5, 5.41) is 14.0. The number of rotatable bonds is 10. The van der Waals surface area contributed by atoms with Crippen molar-refractivity contribution in [3.8, 4) is 0 Å². The molecule has 0 fully saturated rings. The Morgan fingerprint density at radius 3 is 2.17 bits per heavy atom. The number of nitrogens with zero attached hydrogens (tertiary/aromatic N) is 3. The van der Waals surface area contributed by atoms with Crippen molar-refractivity contribution in [2.24, 2.45) is 0 Å². The summed E-state index contributed by atoms with van der Waals surface area (Å²) in [6, 6.07) is 10.2. The number of amides is 2. The lowest BCUT2D eigenvalue weighted by molar-refractivity contribution is -0.384. The Bertz CT molecular complexity index is 1190. The molecule has 190 valence electrons. The van der Waals surface area contributed by atoms with Crippen LogP contribution in [0.15, 0.2) is 42.5 Å². The lowest BCUT2D eigenvalue weighted by Gasteiger charge is -2.32. The quantitative estimate of drug-likeness (QED) is 0.391. The summed E-state index contributed by atoms with van der Waals surface area (Å²) in [6.45, 7) is 8.16. The van der Waals surface area contributed by atoms with Crippen molar-refractivity contribution in [1.82, 2.24) is 10.2 Å². The third-order valence-corrected chi connectivity index (χ3v) is 6.55. The standard InChI is InChI=1S/C24H32N4O6S/c1-16(2)25-24(30)19(5)26(14-20-10-7-17(3)8-11-20)23(29)15-27(35(6,33)34)22-13-21(28(31)32)12-9-18(22)4/h7-13,16,19H,14-15H2,1-6H3,(H,25,30). The van der Waals surface area contributed by atoms with Gasteiger partial charge in [0.15, 0.2) is 0 Å². The molecule has 11 heteroatoms. The number of nitro groups is 1. The van der Waals surface area contributed by atoms with Crippen molar-refractivity contribution in [2.45, 2.75) is 53.2 Å². The molecule has 0 spiro atoms.